The summed E-state index contributed by atoms with van der Waals surface area (Å²) in [6.07, 6.45) is 0. The lowest BCUT2D eigenvalue weighted by atomic mass is 10.1. The zero-order chi connectivity index (χ0) is 88.1. The molecule has 0 saturated heterocycles. The molecular weight excluding hydrogens is 1610 g/mol. The van der Waals surface area contributed by atoms with E-state index in [0.717, 1.165) is 11.6 Å². The second kappa shape index (κ2) is 58.3. The smallest absolute Gasteiger partial charge is 0.311 e. The number of carbonyl (C=O) groups is 5. The molecule has 0 saturated carbocycles. The summed E-state index contributed by atoms with van der Waals surface area (Å²) < 4.78 is 147. The molecule has 0 spiro atoms. The minimum atomic E-state index is -0.947. The van der Waals surface area contributed by atoms with Gasteiger partial charge in [0.25, 0.3) is 29.5 Å². The fourth-order valence-corrected chi connectivity index (χ4v) is 10.9. The Labute approximate surface area is 708 Å². The van der Waals surface area contributed by atoms with Crippen molar-refractivity contribution < 1.29 is 152 Å². The Bertz CT molecular complexity index is 4180. The first-order valence-electron chi connectivity index (χ1n) is 38.8. The first-order valence-corrected chi connectivity index (χ1v) is 38.8. The van der Waals surface area contributed by atoms with Crippen LogP contribution in [0.5, 0.6) is 63.2 Å². The predicted molar refractivity (Wildman–Crippen MR) is 444 cm³/mol. The van der Waals surface area contributed by atoms with Gasteiger partial charge < -0.3 is 150 Å². The van der Waals surface area contributed by atoms with E-state index in [-0.39, 0.29) is 227 Å². The number of amides is 5. The van der Waals surface area contributed by atoms with E-state index in [1.54, 1.807) is 47.7 Å². The van der Waals surface area contributed by atoms with Crippen LogP contribution >= 0.6 is 0 Å². The standard InChI is InChI=1S/C83H114N6O33/c1-56-13-14-68(118-40-35-113-30-25-108-20-15-97-2)62(45-56)84-79(90)57-46-63(74(105-10)51-69(57)102-7)85-81(92)59-48-65(76(121-43-38-116-33-28-111-23-18-100-5)54-72(59)119-41-36-114-31-26-109-21-16-98-3)87-80(91)58-47-64(75(106-11)52-70(58)103-8)86-82(93)60-49-66(88-83(94)61-50-67(89(95)96)78(107-12)53-71(61)104-9)77(122-44-39-117-34-29-112-24-19-101-6)55-73(60)120-42-37-115-32-27-110-22-17-99-4/h13-14,45-55H,15-44H2,1-12H3,(H,84,90)(H,85,92)(H,86,93)(H,87,91)(H,88,94). The Kier molecular flexibility index (Phi) is 47.8. The Balaban J connectivity index is 1.44. The summed E-state index contributed by atoms with van der Waals surface area (Å²) in [4.78, 5) is 86.8. The average molecular weight is 1720 g/mol. The summed E-state index contributed by atoms with van der Waals surface area (Å²) in [6.45, 7) is 7.65. The number of nitrogens with one attached hydrogen (secondary N) is 5. The number of hydrogen-bond acceptors (Lipinski definition) is 33. The summed E-state index contributed by atoms with van der Waals surface area (Å²) in [7, 11) is 15.6. The lowest BCUT2D eigenvalue weighted by molar-refractivity contribution is -0.385. The number of anilines is 5. The normalized spacial score (nSPS) is 11.0. The van der Waals surface area contributed by atoms with Crippen molar-refractivity contribution in [3.8, 4) is 63.2 Å². The summed E-state index contributed by atoms with van der Waals surface area (Å²) in [5.74, 6) is -4.58. The molecule has 39 nitrogen and oxygen atoms in total. The van der Waals surface area contributed by atoms with Crippen LogP contribution in [0.15, 0.2) is 78.9 Å². The van der Waals surface area contributed by atoms with Crippen molar-refractivity contribution in [1.29, 1.82) is 0 Å². The van der Waals surface area contributed by atoms with Gasteiger partial charge in [0.15, 0.2) is 0 Å². The lowest BCUT2D eigenvalue weighted by Gasteiger charge is -2.21. The van der Waals surface area contributed by atoms with E-state index < -0.39 is 40.1 Å². The van der Waals surface area contributed by atoms with Crippen molar-refractivity contribution in [3.05, 3.63) is 122 Å². The summed E-state index contributed by atoms with van der Waals surface area (Å²) in [6, 6.07) is 18.0. The molecule has 6 aromatic rings. The van der Waals surface area contributed by atoms with Gasteiger partial charge >= 0.3 is 5.69 Å². The fraction of sp³-hybridized carbons (Fsp3) is 0.506. The number of ether oxygens (including phenoxy) is 26. The Morgan fingerprint density at radius 2 is 0.459 bits per heavy atom. The van der Waals surface area contributed by atoms with Crippen LogP contribution < -0.4 is 78.7 Å². The van der Waals surface area contributed by atoms with Gasteiger partial charge in [-0.2, -0.15) is 0 Å². The summed E-state index contributed by atoms with van der Waals surface area (Å²) in [5, 5.41) is 26.5. The molecule has 674 valence electrons. The SMILES string of the molecule is COCCOCCOCCOc1ccc(C)cc1NC(=O)c1cc(NC(=O)c2cc(NC(=O)c3cc(NC(=O)c4cc(NC(=O)c5cc([N+](=O)[O-])c(OC)cc5OC)c(OCCOCCOCCOC)cc4OCCOCCOCCOC)c(OC)cc3OC)c(OCCOCCOCCOC)cc2OCCOCCOCCOC)c(OC)cc1OC. The second-order valence-electron chi connectivity index (χ2n) is 25.3. The molecule has 0 aliphatic heterocycles. The maximum absolute atomic E-state index is 15.4. The molecule has 0 unspecified atom stereocenters. The molecule has 0 atom stereocenters. The molecular formula is C83H114N6O33. The lowest BCUT2D eigenvalue weighted by Crippen LogP contribution is -2.21. The highest BCUT2D eigenvalue weighted by Crippen LogP contribution is 2.42. The van der Waals surface area contributed by atoms with E-state index in [4.69, 9.17) is 123 Å². The largest absolute Gasteiger partial charge is 0.496 e. The maximum atomic E-state index is 15.4. The van der Waals surface area contributed by atoms with Gasteiger partial charge in [-0.05, 0) is 48.9 Å². The average Bonchev–Trinajstić information content (AvgIpc) is 0.790. The Hall–Kier alpha value is -10.7. The van der Waals surface area contributed by atoms with Gasteiger partial charge in [0.2, 0.25) is 5.75 Å². The zero-order valence-corrected chi connectivity index (χ0v) is 71.1. The number of carbonyl (C=O) groups excluding carboxylic acids is 5. The van der Waals surface area contributed by atoms with Crippen LogP contribution in [0.1, 0.15) is 57.4 Å². The number of rotatable bonds is 67. The second-order valence-corrected chi connectivity index (χ2v) is 25.3. The predicted octanol–water partition coefficient (Wildman–Crippen LogP) is 8.51. The van der Waals surface area contributed by atoms with Gasteiger partial charge in [0.05, 0.1) is 269 Å². The van der Waals surface area contributed by atoms with Crippen LogP contribution in [0.25, 0.3) is 0 Å². The number of benzene rings is 6. The number of nitro benzene ring substituents is 1. The first-order chi connectivity index (χ1) is 59.4. The summed E-state index contributed by atoms with van der Waals surface area (Å²) in [5.41, 5.74) is -0.911. The van der Waals surface area contributed by atoms with Crippen LogP contribution in [0.4, 0.5) is 34.1 Å². The number of methoxy groups -OCH3 is 11. The van der Waals surface area contributed by atoms with Crippen LogP contribution in [0.2, 0.25) is 0 Å². The van der Waals surface area contributed by atoms with Gasteiger partial charge in [0, 0.05) is 71.9 Å². The van der Waals surface area contributed by atoms with Gasteiger partial charge in [-0.3, -0.25) is 34.1 Å². The highest BCUT2D eigenvalue weighted by atomic mass is 16.6. The number of aryl methyl sites for hydroxylation is 1. The van der Waals surface area contributed by atoms with E-state index >= 15 is 14.4 Å². The van der Waals surface area contributed by atoms with Crippen LogP contribution in [-0.4, -0.2) is 311 Å². The number of nitro groups is 1. The zero-order valence-electron chi connectivity index (χ0n) is 71.1. The number of hydrogen-bond donors (Lipinski definition) is 5. The molecule has 5 amide bonds. The van der Waals surface area contributed by atoms with E-state index in [9.17, 15) is 19.7 Å². The molecule has 0 aromatic heterocycles. The molecule has 5 N–H and O–H groups in total. The third kappa shape index (κ3) is 34.3. The van der Waals surface area contributed by atoms with Gasteiger partial charge in [-0.15, -0.1) is 0 Å². The first kappa shape index (κ1) is 100. The molecule has 6 rings (SSSR count). The molecule has 0 bridgehead atoms. The molecule has 0 heterocycles. The quantitative estimate of drug-likeness (QED) is 0.0136. The van der Waals surface area contributed by atoms with Gasteiger partial charge in [0.1, 0.15) is 90.5 Å². The topological polar surface area (TPSA) is 429 Å². The monoisotopic (exact) mass is 1720 g/mol. The van der Waals surface area contributed by atoms with Crippen molar-refractivity contribution in [1.82, 2.24) is 0 Å². The maximum Gasteiger partial charge on any atom is 0.311 e. The molecule has 0 aliphatic carbocycles. The van der Waals surface area contributed by atoms with E-state index in [1.807, 2.05) is 13.0 Å². The van der Waals surface area contributed by atoms with E-state index in [0.29, 0.717) is 90.7 Å². The van der Waals surface area contributed by atoms with E-state index in [2.05, 4.69) is 26.6 Å². The molecule has 122 heavy (non-hydrogen) atoms. The van der Waals surface area contributed by atoms with Gasteiger partial charge in [-0.25, -0.2) is 0 Å². The fourth-order valence-electron chi connectivity index (χ4n) is 10.9. The van der Waals surface area contributed by atoms with Crippen LogP contribution in [0, 0.1) is 17.0 Å². The van der Waals surface area contributed by atoms with Crippen LogP contribution in [-0.2, 0) is 71.1 Å². The van der Waals surface area contributed by atoms with Crippen molar-refractivity contribution in [3.63, 3.8) is 0 Å². The molecule has 39 heteroatoms. The third-order valence-corrected chi connectivity index (χ3v) is 16.9. The highest BCUT2D eigenvalue weighted by Gasteiger charge is 2.30. The molecule has 0 radical (unpaired) electrons. The van der Waals surface area contributed by atoms with E-state index in [1.165, 1.54) is 97.3 Å². The third-order valence-electron chi connectivity index (χ3n) is 16.9. The Morgan fingerprint density at radius 3 is 0.730 bits per heavy atom. The van der Waals surface area contributed by atoms with Crippen molar-refractivity contribution >= 4 is 63.7 Å². The number of nitrogens with zero attached hydrogens (tertiary/aromatic N) is 1. The molecule has 0 aliphatic rings. The minimum absolute atomic E-state index is 0.000915. The molecule has 0 fully saturated rings. The Morgan fingerprint density at radius 1 is 0.246 bits per heavy atom. The van der Waals surface area contributed by atoms with Crippen molar-refractivity contribution in [2.45, 2.75) is 6.92 Å². The minimum Gasteiger partial charge on any atom is -0.496 e. The van der Waals surface area contributed by atoms with Gasteiger partial charge in [-0.1, -0.05) is 6.07 Å². The van der Waals surface area contributed by atoms with Crippen molar-refractivity contribution in [2.75, 3.05) is 303 Å². The van der Waals surface area contributed by atoms with Crippen molar-refractivity contribution in [2.24, 2.45) is 0 Å². The summed E-state index contributed by atoms with van der Waals surface area (Å²) >= 11 is 0. The van der Waals surface area contributed by atoms with Crippen LogP contribution in [0.3, 0.4) is 0 Å². The molecule has 6 aromatic carbocycles. The highest BCUT2D eigenvalue weighted by molar-refractivity contribution is 6.14.